The monoisotopic (exact) mass is 812 g/mol. The topological polar surface area (TPSA) is 161 Å². The highest BCUT2D eigenvalue weighted by Crippen LogP contribution is 2.65. The summed E-state index contributed by atoms with van der Waals surface area (Å²) >= 11 is 1.53. The number of phenolic OH excluding ortho intramolecular Hbond substituents is 1. The van der Waals surface area contributed by atoms with Gasteiger partial charge >= 0.3 is 11.9 Å². The minimum absolute atomic E-state index is 0.0104. The molecule has 0 aromatic heterocycles. The number of hydrogen-bond donors (Lipinski definition) is 2. The van der Waals surface area contributed by atoms with Gasteiger partial charge in [0.05, 0.1) is 43.7 Å². The number of nitriles is 1. The molecule has 2 N–H and O–H groups in total. The second-order valence-electron chi connectivity index (χ2n) is 16.2. The number of phenols is 1. The third-order valence-electron chi connectivity index (χ3n) is 12.8. The van der Waals surface area contributed by atoms with Crippen LogP contribution in [0.4, 0.5) is 0 Å². The summed E-state index contributed by atoms with van der Waals surface area (Å²) in [6.45, 7) is 9.51. The molecule has 1 spiro atoms. The first kappa shape index (κ1) is 38.6. The number of aryl methyl sites for hydroxylation is 1. The number of piperazine rings is 1. The number of methoxy groups -OCH3 is 2. The summed E-state index contributed by atoms with van der Waals surface area (Å²) in [5, 5.41) is 25.1. The molecule has 3 aromatic carbocycles. The van der Waals surface area contributed by atoms with E-state index in [1.807, 2.05) is 27.7 Å². The molecular formula is C43H48N4O10S. The molecule has 0 saturated carbocycles. The molecule has 7 aliphatic heterocycles. The van der Waals surface area contributed by atoms with Crippen molar-refractivity contribution in [3.05, 3.63) is 62.7 Å². The van der Waals surface area contributed by atoms with Gasteiger partial charge in [0, 0.05) is 53.6 Å². The maximum absolute atomic E-state index is 14.9. The van der Waals surface area contributed by atoms with Crippen LogP contribution in [0.1, 0.15) is 82.6 Å². The zero-order valence-corrected chi connectivity index (χ0v) is 34.7. The van der Waals surface area contributed by atoms with E-state index in [0.717, 1.165) is 27.8 Å². The van der Waals surface area contributed by atoms with Crippen molar-refractivity contribution in [1.29, 1.82) is 5.26 Å². The van der Waals surface area contributed by atoms with Crippen LogP contribution in [0.25, 0.3) is 0 Å². The molecule has 0 aliphatic carbocycles. The molecule has 3 aromatic rings. The van der Waals surface area contributed by atoms with Crippen LogP contribution in [0.15, 0.2) is 18.2 Å². The first-order valence-corrected chi connectivity index (χ1v) is 20.7. The van der Waals surface area contributed by atoms with E-state index in [2.05, 4.69) is 34.3 Å². The summed E-state index contributed by atoms with van der Waals surface area (Å²) in [6.07, 6.45) is 0.977. The first-order chi connectivity index (χ1) is 27.8. The third kappa shape index (κ3) is 5.48. The fourth-order valence-electron chi connectivity index (χ4n) is 10.5. The van der Waals surface area contributed by atoms with Crippen LogP contribution in [-0.4, -0.2) is 98.0 Å². The fraction of sp³-hybridized carbons (Fsp3) is 0.512. The van der Waals surface area contributed by atoms with Crippen molar-refractivity contribution < 1.29 is 47.9 Å². The SMILES string of the molecule is COc1cc2c(cc1O)CCN[C@]21CS[C@@H]2c3c(OC(C)=O)c(C)c4c(c3[C@@H](COC1=O)N1C2[C@H]2c3c(cc(C)c(OC)c3OC(C)C)C[C@@H]([C@@H]1C#N)N2C)OCO4. The maximum atomic E-state index is 14.9. The number of rotatable bonds is 5. The molecule has 58 heavy (non-hydrogen) atoms. The number of ether oxygens (including phenoxy) is 7. The predicted octanol–water partition coefficient (Wildman–Crippen LogP) is 5.07. The molecule has 2 saturated heterocycles. The van der Waals surface area contributed by atoms with E-state index in [-0.39, 0.29) is 48.8 Å². The van der Waals surface area contributed by atoms with Crippen molar-refractivity contribution in [3.63, 3.8) is 0 Å². The molecule has 2 fully saturated rings. The number of hydrogen-bond acceptors (Lipinski definition) is 15. The molecule has 7 aliphatic rings. The van der Waals surface area contributed by atoms with Crippen LogP contribution in [0, 0.1) is 25.2 Å². The van der Waals surface area contributed by atoms with E-state index in [4.69, 9.17) is 33.2 Å². The van der Waals surface area contributed by atoms with E-state index >= 15 is 0 Å². The lowest BCUT2D eigenvalue weighted by Crippen LogP contribution is -2.69. The Bertz CT molecular complexity index is 2290. The summed E-state index contributed by atoms with van der Waals surface area (Å²) < 4.78 is 43.4. The summed E-state index contributed by atoms with van der Waals surface area (Å²) in [5.74, 6) is 2.06. The molecule has 0 amide bonds. The number of nitrogens with one attached hydrogen (secondary N) is 1. The average molecular weight is 813 g/mol. The number of esters is 2. The van der Waals surface area contributed by atoms with Crippen LogP contribution < -0.4 is 33.7 Å². The van der Waals surface area contributed by atoms with E-state index < -0.39 is 40.9 Å². The number of fused-ring (bicyclic) bond motifs is 9. The van der Waals surface area contributed by atoms with Crippen molar-refractivity contribution in [2.75, 3.05) is 47.0 Å². The smallest absolute Gasteiger partial charge is 0.331 e. The Morgan fingerprint density at radius 3 is 2.53 bits per heavy atom. The van der Waals surface area contributed by atoms with Gasteiger partial charge in [-0.1, -0.05) is 6.07 Å². The van der Waals surface area contributed by atoms with Gasteiger partial charge in [-0.05, 0) is 82.0 Å². The van der Waals surface area contributed by atoms with Crippen LogP contribution >= 0.6 is 11.8 Å². The molecule has 7 atom stereocenters. The summed E-state index contributed by atoms with van der Waals surface area (Å²) in [4.78, 5) is 32.5. The van der Waals surface area contributed by atoms with E-state index in [1.54, 1.807) is 19.2 Å². The van der Waals surface area contributed by atoms with Crippen molar-refractivity contribution in [2.24, 2.45) is 0 Å². The Kier molecular flexibility index (Phi) is 9.42. The van der Waals surface area contributed by atoms with Gasteiger partial charge in [-0.3, -0.25) is 19.9 Å². The lowest BCUT2D eigenvalue weighted by molar-refractivity contribution is -0.157. The van der Waals surface area contributed by atoms with Crippen LogP contribution in [0.5, 0.6) is 40.2 Å². The number of thioether (sulfide) groups is 1. The van der Waals surface area contributed by atoms with Gasteiger partial charge in [-0.15, -0.1) is 11.8 Å². The van der Waals surface area contributed by atoms with Crippen molar-refractivity contribution in [2.45, 2.75) is 94.6 Å². The highest BCUT2D eigenvalue weighted by Gasteiger charge is 2.62. The zero-order chi connectivity index (χ0) is 40.9. The van der Waals surface area contributed by atoms with E-state index in [1.165, 1.54) is 25.8 Å². The van der Waals surface area contributed by atoms with Gasteiger partial charge in [0.2, 0.25) is 6.79 Å². The van der Waals surface area contributed by atoms with Gasteiger partial charge in [-0.25, -0.2) is 4.79 Å². The number of carbonyl (C=O) groups excluding carboxylic acids is 2. The molecule has 10 rings (SSSR count). The highest BCUT2D eigenvalue weighted by molar-refractivity contribution is 7.99. The predicted molar refractivity (Wildman–Crippen MR) is 212 cm³/mol. The Morgan fingerprint density at radius 2 is 1.83 bits per heavy atom. The number of carbonyl (C=O) groups is 2. The van der Waals surface area contributed by atoms with Crippen LogP contribution in [0.2, 0.25) is 0 Å². The molecule has 7 heterocycles. The van der Waals surface area contributed by atoms with Crippen LogP contribution in [0.3, 0.4) is 0 Å². The van der Waals surface area contributed by atoms with Crippen molar-refractivity contribution >= 4 is 23.7 Å². The van der Waals surface area contributed by atoms with Gasteiger partial charge in [-0.2, -0.15) is 5.26 Å². The standard InChI is InChI=1S/C43H48N4O10S/c1-19(2)56-40-31-24(11-20(3)36(40)52-8)12-26-27(15-44)47-28-16-53-42(50)43(25-14-30(51-7)29(49)13-23(25)9-10-45-43)17-58-41(35(47)34(31)46(26)6)33-32(28)39-38(54-18-55-39)21(4)37(33)57-22(5)48/h11,13-14,19,26-28,34-35,41,45,49H,9-10,12,16-18H2,1-8H3/t26-,27-,28+,34+,35?,41+,43+/m0/s1. The summed E-state index contributed by atoms with van der Waals surface area (Å²) in [7, 11) is 5.20. The molecule has 4 bridgehead atoms. The van der Waals surface area contributed by atoms with Gasteiger partial charge in [0.1, 0.15) is 18.4 Å². The zero-order valence-electron chi connectivity index (χ0n) is 33.9. The number of likely N-dealkylation sites (N-methyl/N-ethyl adjacent to an activating group) is 1. The lowest BCUT2D eigenvalue weighted by atomic mass is 9.71. The molecule has 1 unspecified atom stereocenters. The Labute approximate surface area is 341 Å². The minimum atomic E-state index is -1.34. The number of aromatic hydroxyl groups is 1. The molecule has 0 radical (unpaired) electrons. The van der Waals surface area contributed by atoms with E-state index in [9.17, 15) is 20.0 Å². The Hall–Kier alpha value is -4.88. The molecule has 14 nitrogen and oxygen atoms in total. The average Bonchev–Trinajstić information content (AvgIpc) is 3.68. The second-order valence-corrected chi connectivity index (χ2v) is 17.4. The molecule has 306 valence electrons. The molecule has 15 heteroatoms. The highest BCUT2D eigenvalue weighted by atomic mass is 32.2. The van der Waals surface area contributed by atoms with Crippen LogP contribution in [-0.2, 0) is 32.7 Å². The Balaban J connectivity index is 1.34. The van der Waals surface area contributed by atoms with Gasteiger partial charge in [0.25, 0.3) is 0 Å². The van der Waals surface area contributed by atoms with Gasteiger partial charge < -0.3 is 38.3 Å². The first-order valence-electron chi connectivity index (χ1n) is 19.7. The Morgan fingerprint density at radius 1 is 1.05 bits per heavy atom. The van der Waals surface area contributed by atoms with Crippen molar-refractivity contribution in [1.82, 2.24) is 15.1 Å². The van der Waals surface area contributed by atoms with E-state index in [0.29, 0.717) is 64.8 Å². The van der Waals surface area contributed by atoms with Crippen molar-refractivity contribution in [3.8, 4) is 46.3 Å². The fourth-order valence-corrected chi connectivity index (χ4v) is 12.2. The van der Waals surface area contributed by atoms with Gasteiger partial charge in [0.15, 0.2) is 40.0 Å². The largest absolute Gasteiger partial charge is 0.504 e. The molecular weight excluding hydrogens is 765 g/mol. The maximum Gasteiger partial charge on any atom is 0.331 e. The summed E-state index contributed by atoms with van der Waals surface area (Å²) in [6, 6.07) is 5.81. The number of nitrogens with zero attached hydrogens (tertiary/aromatic N) is 3. The second kappa shape index (κ2) is 14.1. The quantitative estimate of drug-likeness (QED) is 0.260. The number of benzene rings is 3. The minimum Gasteiger partial charge on any atom is -0.504 e. The third-order valence-corrected chi connectivity index (χ3v) is 14.2. The summed E-state index contributed by atoms with van der Waals surface area (Å²) in [5.41, 5.74) is 5.16. The lowest BCUT2D eigenvalue weighted by Gasteiger charge is -2.62. The normalized spacial score (nSPS) is 28.1.